The van der Waals surface area contributed by atoms with E-state index in [1.165, 1.54) is 0 Å². The van der Waals surface area contributed by atoms with Crippen molar-refractivity contribution in [2.45, 2.75) is 6.92 Å². The highest BCUT2D eigenvalue weighted by Crippen LogP contribution is 2.29. The van der Waals surface area contributed by atoms with Crippen LogP contribution in [0, 0.1) is 6.92 Å². The molecule has 0 atom stereocenters. The van der Waals surface area contributed by atoms with Gasteiger partial charge in [0.15, 0.2) is 11.5 Å². The van der Waals surface area contributed by atoms with Crippen molar-refractivity contribution in [2.75, 3.05) is 5.32 Å². The van der Waals surface area contributed by atoms with E-state index in [0.29, 0.717) is 17.0 Å². The van der Waals surface area contributed by atoms with Crippen LogP contribution in [0.2, 0.25) is 0 Å². The Morgan fingerprint density at radius 2 is 2.16 bits per heavy atom. The molecule has 0 saturated heterocycles. The average Bonchev–Trinajstić information content (AvgIpc) is 3.21. The lowest BCUT2D eigenvalue weighted by Gasteiger charge is -2.05. The van der Waals surface area contributed by atoms with Crippen LogP contribution >= 0.6 is 0 Å². The number of hydrogen-bond donors (Lipinski definition) is 2. The molecule has 7 nitrogen and oxygen atoms in total. The summed E-state index contributed by atoms with van der Waals surface area (Å²) in [4.78, 5) is 24.6. The zero-order valence-electron chi connectivity index (χ0n) is 13.8. The number of hydrogen-bond acceptors (Lipinski definition) is 4. The Morgan fingerprint density at radius 1 is 1.28 bits per heavy atom. The maximum atomic E-state index is 12.7. The van der Waals surface area contributed by atoms with Gasteiger partial charge in [-0.25, -0.2) is 4.98 Å². The van der Waals surface area contributed by atoms with Crippen LogP contribution < -0.4 is 5.32 Å². The summed E-state index contributed by atoms with van der Waals surface area (Å²) in [5.74, 6) is 0.183. The first-order valence-electron chi connectivity index (χ1n) is 7.83. The van der Waals surface area contributed by atoms with Gasteiger partial charge in [0.05, 0.1) is 11.2 Å². The molecule has 4 aromatic rings. The van der Waals surface area contributed by atoms with Crippen molar-refractivity contribution in [1.29, 1.82) is 0 Å². The third-order valence-corrected chi connectivity index (χ3v) is 3.91. The summed E-state index contributed by atoms with van der Waals surface area (Å²) in [6, 6.07) is 9.43. The number of fused-ring (bicyclic) bond motifs is 1. The smallest absolute Gasteiger partial charge is 0.277 e. The molecular weight excluding hydrogens is 316 g/mol. The number of anilines is 1. The molecule has 7 heteroatoms. The predicted molar refractivity (Wildman–Crippen MR) is 95.2 cm³/mol. The van der Waals surface area contributed by atoms with Crippen LogP contribution in [0.25, 0.3) is 22.2 Å². The summed E-state index contributed by atoms with van der Waals surface area (Å²) >= 11 is 0. The number of carbonyl (C=O) groups is 1. The first-order chi connectivity index (χ1) is 12.1. The molecule has 0 spiro atoms. The molecule has 4 aromatic heterocycles. The van der Waals surface area contributed by atoms with E-state index in [-0.39, 0.29) is 5.91 Å². The zero-order valence-corrected chi connectivity index (χ0v) is 13.8. The molecule has 0 unspecified atom stereocenters. The molecule has 0 aliphatic carbocycles. The number of amides is 1. The van der Waals surface area contributed by atoms with Gasteiger partial charge in [-0.1, -0.05) is 6.07 Å². The van der Waals surface area contributed by atoms with E-state index in [1.807, 2.05) is 37.4 Å². The molecule has 0 aromatic carbocycles. The minimum absolute atomic E-state index is 0.304. The fourth-order valence-corrected chi connectivity index (χ4v) is 2.81. The highest BCUT2D eigenvalue weighted by Gasteiger charge is 2.18. The maximum absolute atomic E-state index is 12.7. The molecule has 2 N–H and O–H groups in total. The Labute approximate surface area is 143 Å². The second-order valence-corrected chi connectivity index (χ2v) is 5.78. The average molecular weight is 332 g/mol. The van der Waals surface area contributed by atoms with Gasteiger partial charge in [0, 0.05) is 48.3 Å². The molecule has 0 aliphatic heterocycles. The fourth-order valence-electron chi connectivity index (χ4n) is 2.81. The van der Waals surface area contributed by atoms with Gasteiger partial charge in [-0.3, -0.25) is 14.5 Å². The molecule has 0 aliphatic rings. The van der Waals surface area contributed by atoms with Crippen molar-refractivity contribution in [1.82, 2.24) is 24.7 Å². The number of rotatable bonds is 3. The fraction of sp³-hybridized carbons (Fsp3) is 0.111. The van der Waals surface area contributed by atoms with Gasteiger partial charge in [-0.05, 0) is 25.1 Å². The lowest BCUT2D eigenvalue weighted by Crippen LogP contribution is -2.15. The molecular formula is C18H16N6O. The lowest BCUT2D eigenvalue weighted by atomic mass is 10.1. The van der Waals surface area contributed by atoms with Crippen LogP contribution in [-0.4, -0.2) is 30.6 Å². The number of carbonyl (C=O) groups excluding carboxylic acids is 1. The molecule has 4 heterocycles. The molecule has 25 heavy (non-hydrogen) atoms. The largest absolute Gasteiger partial charge is 0.359 e. The van der Waals surface area contributed by atoms with Gasteiger partial charge >= 0.3 is 0 Å². The quantitative estimate of drug-likeness (QED) is 0.604. The zero-order chi connectivity index (χ0) is 17.4. The van der Waals surface area contributed by atoms with Crippen LogP contribution in [0.15, 0.2) is 48.9 Å². The second-order valence-electron chi connectivity index (χ2n) is 5.78. The van der Waals surface area contributed by atoms with E-state index < -0.39 is 0 Å². The summed E-state index contributed by atoms with van der Waals surface area (Å²) in [5.41, 5.74) is 3.56. The minimum Gasteiger partial charge on any atom is -0.359 e. The molecule has 0 radical (unpaired) electrons. The number of aromatic amines is 1. The van der Waals surface area contributed by atoms with Gasteiger partial charge in [0.2, 0.25) is 0 Å². The lowest BCUT2D eigenvalue weighted by molar-refractivity contribution is 0.102. The van der Waals surface area contributed by atoms with Gasteiger partial charge in [0.1, 0.15) is 0 Å². The Hall–Kier alpha value is -3.48. The number of H-pyrrole nitrogens is 1. The Kier molecular flexibility index (Phi) is 3.53. The maximum Gasteiger partial charge on any atom is 0.277 e. The van der Waals surface area contributed by atoms with E-state index in [2.05, 4.69) is 25.4 Å². The number of nitrogens with one attached hydrogen (secondary N) is 2. The van der Waals surface area contributed by atoms with Crippen molar-refractivity contribution in [3.63, 3.8) is 0 Å². The Balaban J connectivity index is 1.79. The summed E-state index contributed by atoms with van der Waals surface area (Å²) in [6.07, 6.45) is 5.37. The van der Waals surface area contributed by atoms with Crippen molar-refractivity contribution >= 4 is 22.6 Å². The first-order valence-corrected chi connectivity index (χ1v) is 7.83. The molecule has 4 rings (SSSR count). The van der Waals surface area contributed by atoms with Crippen molar-refractivity contribution in [3.05, 3.63) is 60.3 Å². The first kappa shape index (κ1) is 15.1. The van der Waals surface area contributed by atoms with Gasteiger partial charge in [-0.15, -0.1) is 0 Å². The topological polar surface area (TPSA) is 88.5 Å². The summed E-state index contributed by atoms with van der Waals surface area (Å²) in [5, 5.41) is 7.86. The van der Waals surface area contributed by atoms with E-state index in [9.17, 15) is 4.79 Å². The van der Waals surface area contributed by atoms with Crippen LogP contribution in [0.5, 0.6) is 0 Å². The van der Waals surface area contributed by atoms with E-state index >= 15 is 0 Å². The van der Waals surface area contributed by atoms with E-state index in [4.69, 9.17) is 0 Å². The standard InChI is InChI=1S/C18H16N6O/c1-11-9-12-13(14-5-3-4-7-19-14)10-20-16(12)17(21-11)18(25)22-15-6-8-24(2)23-15/h3-10,20H,1-2H3,(H,22,23,25). The molecule has 0 bridgehead atoms. The summed E-state index contributed by atoms with van der Waals surface area (Å²) < 4.78 is 1.63. The van der Waals surface area contributed by atoms with Crippen LogP contribution in [0.1, 0.15) is 16.2 Å². The van der Waals surface area contributed by atoms with E-state index in [0.717, 1.165) is 22.3 Å². The van der Waals surface area contributed by atoms with Crippen LogP contribution in [-0.2, 0) is 7.05 Å². The molecule has 124 valence electrons. The predicted octanol–water partition coefficient (Wildman–Crippen LogP) is 2.92. The van der Waals surface area contributed by atoms with Gasteiger partial charge in [0.25, 0.3) is 5.91 Å². The number of pyridine rings is 2. The SMILES string of the molecule is Cc1cc2c(-c3ccccn3)c[nH]c2c(C(=O)Nc2ccn(C)n2)n1. The normalized spacial score (nSPS) is 11.0. The second kappa shape index (κ2) is 5.86. The van der Waals surface area contributed by atoms with Crippen LogP contribution in [0.4, 0.5) is 5.82 Å². The van der Waals surface area contributed by atoms with Crippen molar-refractivity contribution in [2.24, 2.45) is 7.05 Å². The Morgan fingerprint density at radius 3 is 2.88 bits per heavy atom. The number of aryl methyl sites for hydroxylation is 2. The highest BCUT2D eigenvalue weighted by atomic mass is 16.2. The van der Waals surface area contributed by atoms with Gasteiger partial charge in [-0.2, -0.15) is 5.10 Å². The number of aromatic nitrogens is 5. The minimum atomic E-state index is -0.304. The summed E-state index contributed by atoms with van der Waals surface area (Å²) in [7, 11) is 1.79. The Bertz CT molecular complexity index is 1060. The van der Waals surface area contributed by atoms with Crippen molar-refractivity contribution in [3.8, 4) is 11.3 Å². The van der Waals surface area contributed by atoms with E-state index in [1.54, 1.807) is 30.2 Å². The van der Waals surface area contributed by atoms with Crippen LogP contribution in [0.3, 0.4) is 0 Å². The molecule has 0 saturated carbocycles. The monoisotopic (exact) mass is 332 g/mol. The third-order valence-electron chi connectivity index (χ3n) is 3.91. The van der Waals surface area contributed by atoms with Crippen molar-refractivity contribution < 1.29 is 4.79 Å². The van der Waals surface area contributed by atoms with Gasteiger partial charge < -0.3 is 10.3 Å². The number of nitrogens with zero attached hydrogens (tertiary/aromatic N) is 4. The molecule has 0 fully saturated rings. The third kappa shape index (κ3) is 2.76. The molecule has 1 amide bonds. The highest BCUT2D eigenvalue weighted by molar-refractivity contribution is 6.12. The summed E-state index contributed by atoms with van der Waals surface area (Å²) in [6.45, 7) is 1.87.